The fourth-order valence-electron chi connectivity index (χ4n) is 4.28. The van der Waals surface area contributed by atoms with Crippen molar-refractivity contribution < 1.29 is 20.4 Å². The summed E-state index contributed by atoms with van der Waals surface area (Å²) in [5, 5.41) is 40.3. The lowest BCUT2D eigenvalue weighted by molar-refractivity contribution is 0.458. The molecule has 31 heavy (non-hydrogen) atoms. The summed E-state index contributed by atoms with van der Waals surface area (Å²) in [5.41, 5.74) is -2.83. The molecule has 8 heteroatoms. The second-order valence-corrected chi connectivity index (χ2v) is 7.48. The van der Waals surface area contributed by atoms with Crippen LogP contribution in [0, 0.1) is 6.92 Å². The Bertz CT molecular complexity index is 1860. The van der Waals surface area contributed by atoms with Crippen LogP contribution in [0.15, 0.2) is 49.5 Å². The number of rotatable bonds is 0. The molecule has 5 aromatic rings. The summed E-state index contributed by atoms with van der Waals surface area (Å²) < 4.78 is 0. The first-order chi connectivity index (χ1) is 14.6. The average molecular weight is 416 g/mol. The highest BCUT2D eigenvalue weighted by Gasteiger charge is 2.24. The number of benzene rings is 5. The van der Waals surface area contributed by atoms with Gasteiger partial charge in [-0.25, -0.2) is 0 Å². The number of aryl methyl sites for hydroxylation is 1. The molecule has 0 saturated carbocycles. The Labute approximate surface area is 170 Å². The predicted octanol–water partition coefficient (Wildman–Crippen LogP) is 1.75. The molecule has 5 rings (SSSR count). The number of hydrogen-bond acceptors (Lipinski definition) is 8. The van der Waals surface area contributed by atoms with E-state index in [1.807, 2.05) is 0 Å². The van der Waals surface area contributed by atoms with Crippen molar-refractivity contribution in [3.8, 4) is 23.0 Å². The van der Waals surface area contributed by atoms with E-state index in [1.165, 1.54) is 12.1 Å². The zero-order valence-corrected chi connectivity index (χ0v) is 15.8. The SMILES string of the molecule is Cc1cc(=O)c2c(c1)cc(O)c1c(O)c3c(O)c4c(O)cc(=O)c(=O)c4cc3c(=O)c12. The topological polar surface area (TPSA) is 149 Å². The van der Waals surface area contributed by atoms with Gasteiger partial charge in [0, 0.05) is 27.6 Å². The van der Waals surface area contributed by atoms with Gasteiger partial charge in [-0.3, -0.25) is 19.2 Å². The fraction of sp³-hybridized carbons (Fsp3) is 0.0435. The quantitative estimate of drug-likeness (QED) is 0.169. The first-order valence-corrected chi connectivity index (χ1v) is 9.10. The molecule has 0 spiro atoms. The highest BCUT2D eigenvalue weighted by Crippen LogP contribution is 2.45. The summed E-state index contributed by atoms with van der Waals surface area (Å²) in [4.78, 5) is 50.2. The standard InChI is InChI=1S/C23H12O8/c1-7-2-8-4-12(25)18-19(15(8)11(24)3-7)21(29)10-5-9-16(22(30)17(10)23(18)31)13(26)6-14(27)20(9)28/h2-6,25-26,30-31H,1H3. The molecule has 0 unspecified atom stereocenters. The number of hydrogen-bond donors (Lipinski definition) is 4. The second-order valence-electron chi connectivity index (χ2n) is 7.48. The summed E-state index contributed by atoms with van der Waals surface area (Å²) in [5.74, 6) is -2.70. The third-order valence-corrected chi connectivity index (χ3v) is 5.56. The molecule has 0 radical (unpaired) electrons. The minimum atomic E-state index is -1.05. The summed E-state index contributed by atoms with van der Waals surface area (Å²) in [7, 11) is 0. The Kier molecular flexibility index (Phi) is 3.47. The minimum Gasteiger partial charge on any atom is -0.507 e. The van der Waals surface area contributed by atoms with Crippen molar-refractivity contribution >= 4 is 43.1 Å². The molecule has 0 aliphatic heterocycles. The van der Waals surface area contributed by atoms with Crippen LogP contribution in [0.1, 0.15) is 5.56 Å². The number of phenols is 4. The van der Waals surface area contributed by atoms with Gasteiger partial charge in [-0.05, 0) is 36.1 Å². The smallest absolute Gasteiger partial charge is 0.233 e. The van der Waals surface area contributed by atoms with Crippen molar-refractivity contribution in [2.75, 3.05) is 0 Å². The predicted molar refractivity (Wildman–Crippen MR) is 115 cm³/mol. The Morgan fingerprint density at radius 3 is 1.87 bits per heavy atom. The molecule has 0 bridgehead atoms. The van der Waals surface area contributed by atoms with Gasteiger partial charge in [-0.15, -0.1) is 0 Å². The van der Waals surface area contributed by atoms with E-state index in [9.17, 15) is 39.6 Å². The average Bonchev–Trinajstić information content (AvgIpc) is 2.68. The Hall–Kier alpha value is -4.46. The fourth-order valence-corrected chi connectivity index (χ4v) is 4.28. The molecular weight excluding hydrogens is 404 g/mol. The zero-order valence-electron chi connectivity index (χ0n) is 15.8. The highest BCUT2D eigenvalue weighted by molar-refractivity contribution is 6.21. The molecule has 0 aliphatic carbocycles. The van der Waals surface area contributed by atoms with Crippen molar-refractivity contribution in [2.24, 2.45) is 0 Å². The van der Waals surface area contributed by atoms with Gasteiger partial charge in [0.05, 0.1) is 16.2 Å². The van der Waals surface area contributed by atoms with E-state index in [4.69, 9.17) is 0 Å². The first-order valence-electron chi connectivity index (χ1n) is 9.10. The van der Waals surface area contributed by atoms with Crippen LogP contribution in [-0.4, -0.2) is 20.4 Å². The van der Waals surface area contributed by atoms with Crippen LogP contribution in [-0.2, 0) is 0 Å². The van der Waals surface area contributed by atoms with E-state index in [1.54, 1.807) is 13.0 Å². The molecule has 152 valence electrons. The zero-order chi connectivity index (χ0) is 22.4. The maximum Gasteiger partial charge on any atom is 0.233 e. The van der Waals surface area contributed by atoms with Crippen molar-refractivity contribution in [3.05, 3.63) is 76.8 Å². The van der Waals surface area contributed by atoms with E-state index in [-0.39, 0.29) is 26.9 Å². The van der Waals surface area contributed by atoms with Gasteiger partial charge in [0.1, 0.15) is 23.0 Å². The van der Waals surface area contributed by atoms with Gasteiger partial charge < -0.3 is 20.4 Å². The van der Waals surface area contributed by atoms with Crippen molar-refractivity contribution in [1.82, 2.24) is 0 Å². The molecule has 0 aromatic heterocycles. The third kappa shape index (κ3) is 2.24. The molecule has 0 fully saturated rings. The van der Waals surface area contributed by atoms with Gasteiger partial charge in [-0.1, -0.05) is 6.07 Å². The molecule has 0 saturated heterocycles. The highest BCUT2D eigenvalue weighted by atomic mass is 16.3. The first kappa shape index (κ1) is 18.6. The molecule has 5 aromatic carbocycles. The molecule has 8 nitrogen and oxygen atoms in total. The van der Waals surface area contributed by atoms with Gasteiger partial charge in [0.2, 0.25) is 10.9 Å². The third-order valence-electron chi connectivity index (χ3n) is 5.56. The van der Waals surface area contributed by atoms with E-state index in [0.717, 1.165) is 6.07 Å². The monoisotopic (exact) mass is 416 g/mol. The van der Waals surface area contributed by atoms with Crippen LogP contribution < -0.4 is 21.7 Å². The lowest BCUT2D eigenvalue weighted by atomic mass is 9.92. The second kappa shape index (κ2) is 5.79. The molecular formula is C23H12O8. The van der Waals surface area contributed by atoms with Crippen LogP contribution in [0.3, 0.4) is 0 Å². The molecule has 0 aliphatic rings. The van der Waals surface area contributed by atoms with Crippen molar-refractivity contribution in [1.29, 1.82) is 0 Å². The van der Waals surface area contributed by atoms with Gasteiger partial charge in [-0.2, -0.15) is 0 Å². The van der Waals surface area contributed by atoms with Crippen molar-refractivity contribution in [2.45, 2.75) is 6.92 Å². The summed E-state index contributed by atoms with van der Waals surface area (Å²) in [6, 6.07) is 5.74. The molecule has 0 atom stereocenters. The van der Waals surface area contributed by atoms with Crippen molar-refractivity contribution in [3.63, 3.8) is 0 Å². The van der Waals surface area contributed by atoms with E-state index in [0.29, 0.717) is 11.6 Å². The maximum absolute atomic E-state index is 13.4. The van der Waals surface area contributed by atoms with Gasteiger partial charge in [0.25, 0.3) is 0 Å². The summed E-state index contributed by atoms with van der Waals surface area (Å²) in [6.07, 6.45) is 0. The van der Waals surface area contributed by atoms with E-state index < -0.39 is 60.9 Å². The molecule has 0 heterocycles. The Balaban J connectivity index is 2.22. The van der Waals surface area contributed by atoms with Crippen LogP contribution in [0.2, 0.25) is 0 Å². The van der Waals surface area contributed by atoms with Crippen LogP contribution in [0.5, 0.6) is 23.0 Å². The largest absolute Gasteiger partial charge is 0.507 e. The number of fused-ring (bicyclic) bond motifs is 5. The van der Waals surface area contributed by atoms with Gasteiger partial charge >= 0.3 is 0 Å². The van der Waals surface area contributed by atoms with E-state index >= 15 is 0 Å². The Morgan fingerprint density at radius 1 is 0.548 bits per heavy atom. The minimum absolute atomic E-state index is 0.0389. The number of phenolic OH excluding ortho intramolecular Hbond substituents is 4. The summed E-state index contributed by atoms with van der Waals surface area (Å²) >= 11 is 0. The van der Waals surface area contributed by atoms with Crippen LogP contribution in [0.4, 0.5) is 0 Å². The molecule has 0 amide bonds. The number of aromatic hydroxyl groups is 4. The summed E-state index contributed by atoms with van der Waals surface area (Å²) in [6.45, 7) is 1.67. The lowest BCUT2D eigenvalue weighted by Crippen LogP contribution is -2.22. The van der Waals surface area contributed by atoms with Crippen LogP contribution in [0.25, 0.3) is 43.1 Å². The molecule has 4 N–H and O–H groups in total. The maximum atomic E-state index is 13.4. The van der Waals surface area contributed by atoms with E-state index in [2.05, 4.69) is 0 Å². The lowest BCUT2D eigenvalue weighted by Gasteiger charge is -2.13. The van der Waals surface area contributed by atoms with Gasteiger partial charge in [0.15, 0.2) is 10.9 Å². The normalized spacial score (nSPS) is 11.8. The Morgan fingerprint density at radius 2 is 1.16 bits per heavy atom. The van der Waals surface area contributed by atoms with Crippen LogP contribution >= 0.6 is 0 Å².